The maximum Gasteiger partial charge on any atom is 0.341 e. The number of fused-ring (bicyclic) bond motifs is 1. The SMILES string of the molecule is CCn1ccc(C(=O)Nc2sc3c(c2C(=O)OC)CC(C)(C)NC3(C)C)n1. The van der Waals surface area contributed by atoms with Crippen LogP contribution in [0.5, 0.6) is 0 Å². The molecule has 7 nitrogen and oxygen atoms in total. The number of methoxy groups -OCH3 is 1. The van der Waals surface area contributed by atoms with Crippen LogP contribution >= 0.6 is 11.3 Å². The van der Waals surface area contributed by atoms with Crippen molar-refractivity contribution in [3.05, 3.63) is 34.0 Å². The molecule has 2 N–H and O–H groups in total. The van der Waals surface area contributed by atoms with Crippen LogP contribution in [0.15, 0.2) is 12.3 Å². The maximum absolute atomic E-state index is 12.7. The van der Waals surface area contributed by atoms with Crippen LogP contribution in [0, 0.1) is 0 Å². The van der Waals surface area contributed by atoms with Crippen molar-refractivity contribution in [3.8, 4) is 0 Å². The van der Waals surface area contributed by atoms with Crippen LogP contribution in [0.25, 0.3) is 0 Å². The van der Waals surface area contributed by atoms with Gasteiger partial charge in [0.05, 0.1) is 12.7 Å². The monoisotopic (exact) mass is 390 g/mol. The first-order valence-corrected chi connectivity index (χ1v) is 9.78. The molecule has 146 valence electrons. The summed E-state index contributed by atoms with van der Waals surface area (Å²) < 4.78 is 6.71. The molecule has 8 heteroatoms. The first-order valence-electron chi connectivity index (χ1n) is 8.96. The van der Waals surface area contributed by atoms with Gasteiger partial charge in [-0.2, -0.15) is 5.10 Å². The molecule has 27 heavy (non-hydrogen) atoms. The van der Waals surface area contributed by atoms with E-state index >= 15 is 0 Å². The van der Waals surface area contributed by atoms with Gasteiger partial charge in [0.25, 0.3) is 5.91 Å². The van der Waals surface area contributed by atoms with Crippen molar-refractivity contribution in [2.75, 3.05) is 12.4 Å². The number of hydrogen-bond acceptors (Lipinski definition) is 6. The molecule has 1 amide bonds. The van der Waals surface area contributed by atoms with Gasteiger partial charge < -0.3 is 15.4 Å². The molecule has 0 saturated carbocycles. The van der Waals surface area contributed by atoms with E-state index in [4.69, 9.17) is 4.74 Å². The highest BCUT2D eigenvalue weighted by atomic mass is 32.1. The van der Waals surface area contributed by atoms with Gasteiger partial charge in [0.1, 0.15) is 5.00 Å². The lowest BCUT2D eigenvalue weighted by atomic mass is 9.81. The van der Waals surface area contributed by atoms with Crippen molar-refractivity contribution >= 4 is 28.2 Å². The van der Waals surface area contributed by atoms with Crippen molar-refractivity contribution in [1.82, 2.24) is 15.1 Å². The topological polar surface area (TPSA) is 85.2 Å². The van der Waals surface area contributed by atoms with Crippen LogP contribution in [-0.2, 0) is 23.2 Å². The summed E-state index contributed by atoms with van der Waals surface area (Å²) in [5.41, 5.74) is 1.20. The molecule has 2 aromatic rings. The molecule has 0 aliphatic carbocycles. The Kier molecular flexibility index (Phi) is 4.90. The molecule has 0 saturated heterocycles. The lowest BCUT2D eigenvalue weighted by Crippen LogP contribution is -2.55. The molecule has 0 fully saturated rings. The van der Waals surface area contributed by atoms with E-state index in [1.807, 2.05) is 6.92 Å². The van der Waals surface area contributed by atoms with E-state index in [0.29, 0.717) is 29.2 Å². The van der Waals surface area contributed by atoms with Gasteiger partial charge in [-0.05, 0) is 52.7 Å². The molecule has 1 aliphatic rings. The van der Waals surface area contributed by atoms with Gasteiger partial charge in [-0.15, -0.1) is 11.3 Å². The fourth-order valence-corrected chi connectivity index (χ4v) is 5.02. The van der Waals surface area contributed by atoms with E-state index in [2.05, 4.69) is 43.4 Å². The third-order valence-corrected chi connectivity index (χ3v) is 6.13. The molecular formula is C19H26N4O3S. The molecule has 0 unspecified atom stereocenters. The number of rotatable bonds is 4. The van der Waals surface area contributed by atoms with Gasteiger partial charge in [0.2, 0.25) is 0 Å². The zero-order valence-electron chi connectivity index (χ0n) is 16.6. The molecular weight excluding hydrogens is 364 g/mol. The van der Waals surface area contributed by atoms with Crippen LogP contribution in [0.3, 0.4) is 0 Å². The second-order valence-electron chi connectivity index (χ2n) is 7.93. The van der Waals surface area contributed by atoms with Gasteiger partial charge in [-0.1, -0.05) is 0 Å². The van der Waals surface area contributed by atoms with Gasteiger partial charge in [-0.3, -0.25) is 9.48 Å². The highest BCUT2D eigenvalue weighted by Crippen LogP contribution is 2.45. The summed E-state index contributed by atoms with van der Waals surface area (Å²) in [5.74, 6) is -0.772. The molecule has 3 heterocycles. The molecule has 3 rings (SSSR count). The number of anilines is 1. The van der Waals surface area contributed by atoms with Crippen LogP contribution in [0.4, 0.5) is 5.00 Å². The van der Waals surface area contributed by atoms with E-state index in [1.54, 1.807) is 16.9 Å². The molecule has 1 aliphatic heterocycles. The van der Waals surface area contributed by atoms with Gasteiger partial charge in [0, 0.05) is 28.7 Å². The number of carbonyl (C=O) groups excluding carboxylic acids is 2. The summed E-state index contributed by atoms with van der Waals surface area (Å²) in [6.07, 6.45) is 2.43. The van der Waals surface area contributed by atoms with Crippen LogP contribution in [-0.4, -0.2) is 34.3 Å². The minimum absolute atomic E-state index is 0.179. The van der Waals surface area contributed by atoms with Crippen molar-refractivity contribution in [2.24, 2.45) is 0 Å². The van der Waals surface area contributed by atoms with Crippen molar-refractivity contribution in [2.45, 2.75) is 58.7 Å². The summed E-state index contributed by atoms with van der Waals surface area (Å²) in [6, 6.07) is 1.67. The largest absolute Gasteiger partial charge is 0.465 e. The van der Waals surface area contributed by atoms with Gasteiger partial charge >= 0.3 is 5.97 Å². The average molecular weight is 391 g/mol. The third kappa shape index (κ3) is 3.64. The number of amides is 1. The highest BCUT2D eigenvalue weighted by Gasteiger charge is 2.42. The third-order valence-electron chi connectivity index (χ3n) is 4.66. The van der Waals surface area contributed by atoms with Crippen molar-refractivity contribution in [3.63, 3.8) is 0 Å². The Bertz CT molecular complexity index is 895. The van der Waals surface area contributed by atoms with Gasteiger partial charge in [-0.25, -0.2) is 4.79 Å². The summed E-state index contributed by atoms with van der Waals surface area (Å²) >= 11 is 1.42. The molecule has 0 spiro atoms. The predicted octanol–water partition coefficient (Wildman–Crippen LogP) is 3.16. The number of nitrogens with one attached hydrogen (secondary N) is 2. The van der Waals surface area contributed by atoms with E-state index in [-0.39, 0.29) is 17.0 Å². The summed E-state index contributed by atoms with van der Waals surface area (Å²) in [5, 5.41) is 11.2. The first kappa shape index (κ1) is 19.6. The number of hydrogen-bond donors (Lipinski definition) is 2. The number of aryl methyl sites for hydroxylation is 1. The number of carbonyl (C=O) groups is 2. The van der Waals surface area contributed by atoms with Crippen molar-refractivity contribution < 1.29 is 14.3 Å². The number of thiophene rings is 1. The Hall–Kier alpha value is -2.19. The predicted molar refractivity (Wildman–Crippen MR) is 105 cm³/mol. The molecule has 2 aromatic heterocycles. The summed E-state index contributed by atoms with van der Waals surface area (Å²) in [4.78, 5) is 26.2. The maximum atomic E-state index is 12.7. The van der Waals surface area contributed by atoms with Gasteiger partial charge in [0.15, 0.2) is 5.69 Å². The first-order chi connectivity index (χ1) is 12.6. The fourth-order valence-electron chi connectivity index (χ4n) is 3.76. The second kappa shape index (κ2) is 6.76. The van der Waals surface area contributed by atoms with Crippen LogP contribution < -0.4 is 10.6 Å². The Morgan fingerprint density at radius 1 is 1.37 bits per heavy atom. The number of ether oxygens (including phenoxy) is 1. The fraction of sp³-hybridized carbons (Fsp3) is 0.526. The lowest BCUT2D eigenvalue weighted by molar-refractivity contribution is 0.0600. The van der Waals surface area contributed by atoms with E-state index in [1.165, 1.54) is 18.4 Å². The summed E-state index contributed by atoms with van der Waals surface area (Å²) in [7, 11) is 1.36. The Morgan fingerprint density at radius 3 is 2.67 bits per heavy atom. The highest BCUT2D eigenvalue weighted by molar-refractivity contribution is 7.17. The molecule has 0 atom stereocenters. The average Bonchev–Trinajstić information content (AvgIpc) is 3.17. The number of aromatic nitrogens is 2. The minimum atomic E-state index is -0.435. The molecule has 0 bridgehead atoms. The van der Waals surface area contributed by atoms with Crippen molar-refractivity contribution in [1.29, 1.82) is 0 Å². The molecule has 0 aromatic carbocycles. The Morgan fingerprint density at radius 2 is 2.07 bits per heavy atom. The summed E-state index contributed by atoms with van der Waals surface area (Å²) in [6.45, 7) is 11.0. The normalized spacial score (nSPS) is 17.3. The number of esters is 1. The minimum Gasteiger partial charge on any atom is -0.465 e. The Balaban J connectivity index is 2.04. The molecule has 0 radical (unpaired) electrons. The Labute approximate surface area is 163 Å². The van der Waals surface area contributed by atoms with E-state index in [9.17, 15) is 9.59 Å². The zero-order valence-corrected chi connectivity index (χ0v) is 17.4. The quantitative estimate of drug-likeness (QED) is 0.784. The van der Waals surface area contributed by atoms with Crippen LogP contribution in [0.1, 0.15) is 65.9 Å². The lowest BCUT2D eigenvalue weighted by Gasteiger charge is -2.42. The zero-order chi connectivity index (χ0) is 20.0. The second-order valence-corrected chi connectivity index (χ2v) is 8.95. The number of nitrogens with zero attached hydrogens (tertiary/aromatic N) is 2. The van der Waals surface area contributed by atoms with E-state index < -0.39 is 5.97 Å². The standard InChI is InChI=1S/C19H26N4O3S/c1-7-23-9-8-12(21-23)15(24)20-16-13(17(25)26-6)11-10-18(2,3)22-19(4,5)14(11)27-16/h8-9,22H,7,10H2,1-6H3,(H,20,24). The van der Waals surface area contributed by atoms with Crippen LogP contribution in [0.2, 0.25) is 0 Å². The van der Waals surface area contributed by atoms with E-state index in [0.717, 1.165) is 10.4 Å². The smallest absolute Gasteiger partial charge is 0.341 e.